The summed E-state index contributed by atoms with van der Waals surface area (Å²) in [7, 11) is 0. The van der Waals surface area contributed by atoms with Crippen molar-refractivity contribution in [3.8, 4) is 0 Å². The van der Waals surface area contributed by atoms with Crippen LogP contribution < -0.4 is 5.73 Å². The lowest BCUT2D eigenvalue weighted by atomic mass is 9.93. The fourth-order valence-electron chi connectivity index (χ4n) is 2.14. The van der Waals surface area contributed by atoms with E-state index in [1.165, 1.54) is 4.90 Å². The first-order chi connectivity index (χ1) is 7.93. The van der Waals surface area contributed by atoms with Crippen LogP contribution in [0.2, 0.25) is 0 Å². The van der Waals surface area contributed by atoms with Gasteiger partial charge >= 0.3 is 0 Å². The molecule has 0 aliphatic carbocycles. The Kier molecular flexibility index (Phi) is 4.93. The van der Waals surface area contributed by atoms with Gasteiger partial charge in [-0.3, -0.25) is 9.59 Å². The Bertz CT molecular complexity index is 291. The normalized spacial score (nSPS) is 24.7. The first-order valence-electron chi connectivity index (χ1n) is 6.14. The summed E-state index contributed by atoms with van der Waals surface area (Å²) in [6.45, 7) is 6.37. The number of nitrogens with two attached hydrogens (primary N) is 1. The van der Waals surface area contributed by atoms with Gasteiger partial charge in [0.2, 0.25) is 11.8 Å². The van der Waals surface area contributed by atoms with Crippen LogP contribution in [-0.4, -0.2) is 42.0 Å². The minimum atomic E-state index is -0.476. The minimum Gasteiger partial charge on any atom is -0.378 e. The van der Waals surface area contributed by atoms with E-state index in [0.29, 0.717) is 6.61 Å². The molecule has 2 atom stereocenters. The van der Waals surface area contributed by atoms with Gasteiger partial charge in [0.1, 0.15) is 0 Å². The molecule has 98 valence electrons. The highest BCUT2D eigenvalue weighted by molar-refractivity contribution is 5.85. The quantitative estimate of drug-likeness (QED) is 0.781. The highest BCUT2D eigenvalue weighted by atomic mass is 16.5. The molecule has 1 rings (SSSR count). The van der Waals surface area contributed by atoms with Crippen molar-refractivity contribution in [1.29, 1.82) is 0 Å². The number of hydrogen-bond donors (Lipinski definition) is 1. The summed E-state index contributed by atoms with van der Waals surface area (Å²) >= 11 is 0. The van der Waals surface area contributed by atoms with Crippen molar-refractivity contribution < 1.29 is 14.3 Å². The molecule has 17 heavy (non-hydrogen) atoms. The van der Waals surface area contributed by atoms with Gasteiger partial charge in [0.15, 0.2) is 0 Å². The third kappa shape index (κ3) is 3.70. The zero-order valence-corrected chi connectivity index (χ0v) is 10.8. The number of carbonyl (C=O) groups excluding carboxylic acids is 2. The second-order valence-electron chi connectivity index (χ2n) is 4.85. The number of hydrogen-bond acceptors (Lipinski definition) is 3. The monoisotopic (exact) mass is 242 g/mol. The Balaban J connectivity index is 2.72. The lowest BCUT2D eigenvalue weighted by Gasteiger charge is -2.34. The number of ether oxygens (including phenoxy) is 1. The molecule has 0 aromatic rings. The predicted octanol–water partition coefficient (Wildman–Crippen LogP) is 0.524. The van der Waals surface area contributed by atoms with E-state index >= 15 is 0 Å². The molecule has 1 saturated heterocycles. The van der Waals surface area contributed by atoms with Gasteiger partial charge in [0, 0.05) is 12.6 Å². The van der Waals surface area contributed by atoms with Crippen molar-refractivity contribution >= 4 is 11.8 Å². The lowest BCUT2D eigenvalue weighted by molar-refractivity contribution is -0.148. The standard InChI is InChI=1S/C12H22N2O3/c1-8(2)14(7-11(13)15)12(16)10-5-4-6-17-9(10)3/h8-10H,4-7H2,1-3H3,(H2,13,15). The minimum absolute atomic E-state index is 0.0142. The van der Waals surface area contributed by atoms with Gasteiger partial charge in [0.05, 0.1) is 18.6 Å². The molecule has 2 unspecified atom stereocenters. The van der Waals surface area contributed by atoms with Gasteiger partial charge in [-0.2, -0.15) is 0 Å². The van der Waals surface area contributed by atoms with E-state index in [1.807, 2.05) is 20.8 Å². The van der Waals surface area contributed by atoms with Crippen molar-refractivity contribution in [2.75, 3.05) is 13.2 Å². The Morgan fingerprint density at radius 2 is 2.12 bits per heavy atom. The average molecular weight is 242 g/mol. The molecule has 2 amide bonds. The van der Waals surface area contributed by atoms with E-state index in [4.69, 9.17) is 10.5 Å². The summed E-state index contributed by atoms with van der Waals surface area (Å²) in [5, 5.41) is 0. The highest BCUT2D eigenvalue weighted by Gasteiger charge is 2.33. The first-order valence-corrected chi connectivity index (χ1v) is 6.14. The number of nitrogens with zero attached hydrogens (tertiary/aromatic N) is 1. The summed E-state index contributed by atoms with van der Waals surface area (Å²) in [4.78, 5) is 24.8. The molecule has 1 heterocycles. The third-order valence-corrected chi connectivity index (χ3v) is 3.16. The number of primary amides is 1. The summed E-state index contributed by atoms with van der Waals surface area (Å²) in [5.41, 5.74) is 5.17. The van der Waals surface area contributed by atoms with Crippen molar-refractivity contribution in [2.24, 2.45) is 11.7 Å². The molecule has 0 aromatic heterocycles. The fourth-order valence-corrected chi connectivity index (χ4v) is 2.14. The molecule has 5 heteroatoms. The van der Waals surface area contributed by atoms with Crippen LogP contribution in [0.15, 0.2) is 0 Å². The van der Waals surface area contributed by atoms with Crippen LogP contribution in [-0.2, 0) is 14.3 Å². The molecular weight excluding hydrogens is 220 g/mol. The zero-order valence-electron chi connectivity index (χ0n) is 10.8. The van der Waals surface area contributed by atoms with Crippen LogP contribution >= 0.6 is 0 Å². The van der Waals surface area contributed by atoms with E-state index < -0.39 is 5.91 Å². The summed E-state index contributed by atoms with van der Waals surface area (Å²) in [6.07, 6.45) is 1.64. The van der Waals surface area contributed by atoms with Crippen molar-refractivity contribution in [2.45, 2.75) is 45.8 Å². The van der Waals surface area contributed by atoms with Crippen LogP contribution in [0.1, 0.15) is 33.6 Å². The Labute approximate surface area is 102 Å². The summed E-state index contributed by atoms with van der Waals surface area (Å²) in [6, 6.07) is -0.0240. The Morgan fingerprint density at radius 1 is 1.47 bits per heavy atom. The molecule has 0 spiro atoms. The lowest BCUT2D eigenvalue weighted by Crippen LogP contribution is -2.49. The second-order valence-corrected chi connectivity index (χ2v) is 4.85. The van der Waals surface area contributed by atoms with Gasteiger partial charge in [-0.25, -0.2) is 0 Å². The van der Waals surface area contributed by atoms with E-state index in [2.05, 4.69) is 0 Å². The van der Waals surface area contributed by atoms with Crippen molar-refractivity contribution in [1.82, 2.24) is 4.90 Å². The third-order valence-electron chi connectivity index (χ3n) is 3.16. The predicted molar refractivity (Wildman–Crippen MR) is 64.2 cm³/mol. The van der Waals surface area contributed by atoms with Gasteiger partial charge in [0.25, 0.3) is 0 Å². The zero-order chi connectivity index (χ0) is 13.0. The van der Waals surface area contributed by atoms with Crippen LogP contribution in [0.4, 0.5) is 0 Å². The number of carbonyl (C=O) groups is 2. The van der Waals surface area contributed by atoms with Crippen molar-refractivity contribution in [3.63, 3.8) is 0 Å². The molecule has 1 fully saturated rings. The number of amides is 2. The van der Waals surface area contributed by atoms with E-state index in [0.717, 1.165) is 12.8 Å². The Hall–Kier alpha value is -1.10. The smallest absolute Gasteiger partial charge is 0.237 e. The number of rotatable bonds is 4. The van der Waals surface area contributed by atoms with Crippen LogP contribution in [0, 0.1) is 5.92 Å². The molecule has 0 aromatic carbocycles. The molecular formula is C12H22N2O3. The van der Waals surface area contributed by atoms with Crippen LogP contribution in [0.25, 0.3) is 0 Å². The van der Waals surface area contributed by atoms with Crippen molar-refractivity contribution in [3.05, 3.63) is 0 Å². The first kappa shape index (κ1) is 14.0. The maximum absolute atomic E-state index is 12.3. The SMILES string of the molecule is CC1OCCCC1C(=O)N(CC(N)=O)C(C)C. The summed E-state index contributed by atoms with van der Waals surface area (Å²) < 4.78 is 5.48. The molecule has 2 N–H and O–H groups in total. The van der Waals surface area contributed by atoms with Crippen LogP contribution in [0.3, 0.4) is 0 Å². The van der Waals surface area contributed by atoms with Gasteiger partial charge < -0.3 is 15.4 Å². The molecule has 1 aliphatic rings. The van der Waals surface area contributed by atoms with Gasteiger partial charge in [-0.05, 0) is 33.6 Å². The van der Waals surface area contributed by atoms with Gasteiger partial charge in [-0.15, -0.1) is 0 Å². The average Bonchev–Trinajstić information content (AvgIpc) is 2.25. The Morgan fingerprint density at radius 3 is 2.59 bits per heavy atom. The molecule has 1 aliphatic heterocycles. The molecule has 0 radical (unpaired) electrons. The van der Waals surface area contributed by atoms with E-state index in [9.17, 15) is 9.59 Å². The van der Waals surface area contributed by atoms with E-state index in [-0.39, 0.29) is 30.5 Å². The highest BCUT2D eigenvalue weighted by Crippen LogP contribution is 2.23. The topological polar surface area (TPSA) is 72.6 Å². The van der Waals surface area contributed by atoms with Gasteiger partial charge in [-0.1, -0.05) is 0 Å². The molecule has 0 bridgehead atoms. The largest absolute Gasteiger partial charge is 0.378 e. The maximum Gasteiger partial charge on any atom is 0.237 e. The molecule has 0 saturated carbocycles. The maximum atomic E-state index is 12.3. The fraction of sp³-hybridized carbons (Fsp3) is 0.833. The second kappa shape index (κ2) is 6.00. The van der Waals surface area contributed by atoms with E-state index in [1.54, 1.807) is 0 Å². The molecule has 5 nitrogen and oxygen atoms in total. The van der Waals surface area contributed by atoms with Crippen LogP contribution in [0.5, 0.6) is 0 Å². The summed E-state index contributed by atoms with van der Waals surface area (Å²) in [5.74, 6) is -0.645.